The van der Waals surface area contributed by atoms with Gasteiger partial charge in [0.1, 0.15) is 0 Å². The fourth-order valence-electron chi connectivity index (χ4n) is 1.77. The van der Waals surface area contributed by atoms with Gasteiger partial charge in [-0.25, -0.2) is 0 Å². The van der Waals surface area contributed by atoms with Gasteiger partial charge in [0, 0.05) is 0 Å². The minimum atomic E-state index is -0.0443. The van der Waals surface area contributed by atoms with E-state index < -0.39 is 0 Å². The van der Waals surface area contributed by atoms with Gasteiger partial charge in [-0.2, -0.15) is 0 Å². The van der Waals surface area contributed by atoms with Crippen LogP contribution in [0.25, 0.3) is 0 Å². The van der Waals surface area contributed by atoms with Crippen molar-refractivity contribution in [2.45, 2.75) is 32.6 Å². The van der Waals surface area contributed by atoms with Crippen molar-refractivity contribution < 1.29 is 9.53 Å². The minimum absolute atomic E-state index is 0.0443. The highest BCUT2D eigenvalue weighted by molar-refractivity contribution is 5.73. The highest BCUT2D eigenvalue weighted by Crippen LogP contribution is 2.29. The molecule has 0 aliphatic heterocycles. The molecule has 12 heavy (non-hydrogen) atoms. The van der Waals surface area contributed by atoms with E-state index in [2.05, 4.69) is 6.92 Å². The van der Waals surface area contributed by atoms with Gasteiger partial charge in [-0.05, 0) is 32.6 Å². The van der Waals surface area contributed by atoms with Crippen LogP contribution in [0.2, 0.25) is 0 Å². The molecule has 2 unspecified atom stereocenters. The predicted octanol–water partition coefficient (Wildman–Crippen LogP) is 2.19. The summed E-state index contributed by atoms with van der Waals surface area (Å²) in [6.45, 7) is 6.32. The van der Waals surface area contributed by atoms with Crippen LogP contribution >= 0.6 is 0 Å². The molecule has 0 bridgehead atoms. The van der Waals surface area contributed by atoms with Gasteiger partial charge in [-0.1, -0.05) is 12.8 Å². The Morgan fingerprint density at radius 3 is 2.75 bits per heavy atom. The van der Waals surface area contributed by atoms with Crippen molar-refractivity contribution in [3.63, 3.8) is 0 Å². The Morgan fingerprint density at radius 1 is 1.50 bits per heavy atom. The molecule has 1 fully saturated rings. The molecule has 2 nitrogen and oxygen atoms in total. The van der Waals surface area contributed by atoms with E-state index in [0.29, 0.717) is 6.61 Å². The molecule has 69 valence electrons. The third-order valence-corrected chi connectivity index (χ3v) is 2.50. The molecular weight excluding hydrogens is 152 g/mol. The number of hydrogen-bond donors (Lipinski definition) is 0. The maximum Gasteiger partial charge on any atom is 0.309 e. The third kappa shape index (κ3) is 2.23. The van der Waals surface area contributed by atoms with Crippen molar-refractivity contribution in [3.05, 3.63) is 6.92 Å². The molecule has 2 atom stereocenters. The van der Waals surface area contributed by atoms with E-state index in [0.717, 1.165) is 19.3 Å². The first-order valence-electron chi connectivity index (χ1n) is 4.75. The summed E-state index contributed by atoms with van der Waals surface area (Å²) in [5.74, 6) is 0.300. The van der Waals surface area contributed by atoms with Crippen LogP contribution in [-0.2, 0) is 9.53 Å². The second kappa shape index (κ2) is 4.48. The molecule has 0 aromatic carbocycles. The van der Waals surface area contributed by atoms with Crippen LogP contribution in [0.15, 0.2) is 0 Å². The molecule has 1 rings (SSSR count). The van der Waals surface area contributed by atoms with Crippen LogP contribution in [0.3, 0.4) is 0 Å². The number of carbonyl (C=O) groups is 1. The van der Waals surface area contributed by atoms with Crippen LogP contribution in [0.1, 0.15) is 32.6 Å². The van der Waals surface area contributed by atoms with E-state index >= 15 is 0 Å². The SMILES string of the molecule is [CH2]C1CCCCC1C(=O)OCC. The third-order valence-electron chi connectivity index (χ3n) is 2.50. The van der Waals surface area contributed by atoms with Crippen LogP contribution in [0.4, 0.5) is 0 Å². The van der Waals surface area contributed by atoms with Crippen molar-refractivity contribution in [2.24, 2.45) is 11.8 Å². The van der Waals surface area contributed by atoms with Crippen molar-refractivity contribution in [3.8, 4) is 0 Å². The largest absolute Gasteiger partial charge is 0.466 e. The number of carbonyl (C=O) groups excluding carboxylic acids is 1. The van der Waals surface area contributed by atoms with Gasteiger partial charge in [0.15, 0.2) is 0 Å². The summed E-state index contributed by atoms with van der Waals surface area (Å²) in [5, 5.41) is 0. The molecule has 1 aliphatic rings. The van der Waals surface area contributed by atoms with Gasteiger partial charge < -0.3 is 4.74 Å². The van der Waals surface area contributed by atoms with Gasteiger partial charge in [0.05, 0.1) is 12.5 Å². The maximum absolute atomic E-state index is 11.3. The molecule has 1 radical (unpaired) electrons. The summed E-state index contributed by atoms with van der Waals surface area (Å²) in [7, 11) is 0. The molecule has 2 heteroatoms. The zero-order chi connectivity index (χ0) is 8.97. The van der Waals surface area contributed by atoms with Gasteiger partial charge in [0.25, 0.3) is 0 Å². The zero-order valence-electron chi connectivity index (χ0n) is 7.71. The highest BCUT2D eigenvalue weighted by atomic mass is 16.5. The van der Waals surface area contributed by atoms with Crippen LogP contribution in [-0.4, -0.2) is 12.6 Å². The lowest BCUT2D eigenvalue weighted by molar-refractivity contribution is -0.150. The van der Waals surface area contributed by atoms with E-state index in [1.165, 1.54) is 6.42 Å². The van der Waals surface area contributed by atoms with E-state index in [1.807, 2.05) is 6.92 Å². The Labute approximate surface area is 74.3 Å². The smallest absolute Gasteiger partial charge is 0.309 e. The minimum Gasteiger partial charge on any atom is -0.466 e. The van der Waals surface area contributed by atoms with E-state index in [4.69, 9.17) is 4.74 Å². The maximum atomic E-state index is 11.3. The Morgan fingerprint density at radius 2 is 2.17 bits per heavy atom. The average Bonchev–Trinajstić information content (AvgIpc) is 2.05. The number of esters is 1. The fourth-order valence-corrected chi connectivity index (χ4v) is 1.77. The predicted molar refractivity (Wildman–Crippen MR) is 47.4 cm³/mol. The Kier molecular flexibility index (Phi) is 3.57. The molecule has 0 amide bonds. The Hall–Kier alpha value is -0.530. The first-order valence-corrected chi connectivity index (χ1v) is 4.75. The first-order chi connectivity index (χ1) is 5.75. The molecule has 1 aliphatic carbocycles. The van der Waals surface area contributed by atoms with Crippen molar-refractivity contribution in [2.75, 3.05) is 6.61 Å². The number of ether oxygens (including phenoxy) is 1. The summed E-state index contributed by atoms with van der Waals surface area (Å²) in [6, 6.07) is 0. The fraction of sp³-hybridized carbons (Fsp3) is 0.800. The van der Waals surface area contributed by atoms with Crippen molar-refractivity contribution >= 4 is 5.97 Å². The summed E-state index contributed by atoms with van der Waals surface area (Å²) in [4.78, 5) is 11.3. The van der Waals surface area contributed by atoms with E-state index in [-0.39, 0.29) is 17.8 Å². The molecule has 0 aromatic rings. The van der Waals surface area contributed by atoms with Gasteiger partial charge in [-0.3, -0.25) is 4.79 Å². The Balaban J connectivity index is 2.42. The second-order valence-electron chi connectivity index (χ2n) is 3.40. The van der Waals surface area contributed by atoms with Crippen LogP contribution in [0, 0.1) is 18.8 Å². The molecule has 0 heterocycles. The molecule has 0 saturated heterocycles. The normalized spacial score (nSPS) is 29.8. The molecular formula is C10H17O2. The van der Waals surface area contributed by atoms with E-state index in [1.54, 1.807) is 0 Å². The monoisotopic (exact) mass is 169 g/mol. The molecule has 1 saturated carbocycles. The molecule has 0 N–H and O–H groups in total. The zero-order valence-corrected chi connectivity index (χ0v) is 7.71. The highest BCUT2D eigenvalue weighted by Gasteiger charge is 2.28. The van der Waals surface area contributed by atoms with Crippen LogP contribution in [0.5, 0.6) is 0 Å². The van der Waals surface area contributed by atoms with Gasteiger partial charge in [-0.15, -0.1) is 0 Å². The first kappa shape index (κ1) is 9.56. The van der Waals surface area contributed by atoms with E-state index in [9.17, 15) is 4.79 Å². The Bertz CT molecular complexity index is 154. The van der Waals surface area contributed by atoms with Gasteiger partial charge in [0.2, 0.25) is 0 Å². The number of rotatable bonds is 2. The van der Waals surface area contributed by atoms with Crippen molar-refractivity contribution in [1.82, 2.24) is 0 Å². The summed E-state index contributed by atoms with van der Waals surface area (Å²) in [5.41, 5.74) is 0. The standard InChI is InChI=1S/C10H17O2/c1-3-12-10(11)9-7-5-4-6-8(9)2/h8-9H,2-7H2,1H3. The average molecular weight is 169 g/mol. The molecule has 0 aromatic heterocycles. The van der Waals surface area contributed by atoms with Gasteiger partial charge >= 0.3 is 5.97 Å². The lowest BCUT2D eigenvalue weighted by atomic mass is 9.80. The number of hydrogen-bond acceptors (Lipinski definition) is 2. The lowest BCUT2D eigenvalue weighted by Crippen LogP contribution is -2.27. The van der Waals surface area contributed by atoms with Crippen molar-refractivity contribution in [1.29, 1.82) is 0 Å². The summed E-state index contributed by atoms with van der Waals surface area (Å²) in [6.07, 6.45) is 4.40. The summed E-state index contributed by atoms with van der Waals surface area (Å²) < 4.78 is 4.97. The quantitative estimate of drug-likeness (QED) is 0.592. The second-order valence-corrected chi connectivity index (χ2v) is 3.40. The molecule has 0 spiro atoms. The lowest BCUT2D eigenvalue weighted by Gasteiger charge is -2.26. The van der Waals surface area contributed by atoms with Crippen LogP contribution < -0.4 is 0 Å². The topological polar surface area (TPSA) is 26.3 Å². The summed E-state index contributed by atoms with van der Waals surface area (Å²) >= 11 is 0.